The molecule has 0 radical (unpaired) electrons. The monoisotopic (exact) mass is 289 g/mol. The molecule has 2 amide bonds. The maximum absolute atomic E-state index is 11.6. The minimum absolute atomic E-state index is 0.235. The zero-order valence-corrected chi connectivity index (χ0v) is 12.8. The lowest BCUT2D eigenvalue weighted by molar-refractivity contribution is 0.253. The quantitative estimate of drug-likeness (QED) is 0.704. The largest absolute Gasteiger partial charge is 0.334 e. The number of allylic oxidation sites excluding steroid dienone is 3. The van der Waals surface area contributed by atoms with Crippen molar-refractivity contribution in [1.82, 2.24) is 10.3 Å². The van der Waals surface area contributed by atoms with Gasteiger partial charge in [0.25, 0.3) is 5.56 Å². The number of pyridine rings is 1. The predicted octanol–water partition coefficient (Wildman–Crippen LogP) is 3.19. The van der Waals surface area contributed by atoms with Gasteiger partial charge in [-0.05, 0) is 45.7 Å². The number of urea groups is 1. The Morgan fingerprint density at radius 1 is 1.29 bits per heavy atom. The van der Waals surface area contributed by atoms with Crippen molar-refractivity contribution in [2.75, 3.05) is 11.9 Å². The van der Waals surface area contributed by atoms with Gasteiger partial charge in [0.05, 0.1) is 0 Å². The van der Waals surface area contributed by atoms with E-state index in [1.807, 2.05) is 13.0 Å². The number of carbonyl (C=O) groups excluding carboxylic acids is 1. The van der Waals surface area contributed by atoms with E-state index in [9.17, 15) is 9.59 Å². The van der Waals surface area contributed by atoms with Crippen LogP contribution in [0.25, 0.3) is 0 Å². The van der Waals surface area contributed by atoms with Gasteiger partial charge in [-0.25, -0.2) is 4.79 Å². The number of hydrogen-bond donors (Lipinski definition) is 3. The van der Waals surface area contributed by atoms with Gasteiger partial charge in [-0.3, -0.25) is 4.79 Å². The van der Waals surface area contributed by atoms with Crippen LogP contribution in [0.15, 0.2) is 46.4 Å². The third-order valence-corrected chi connectivity index (χ3v) is 2.87. The Morgan fingerprint density at radius 3 is 2.71 bits per heavy atom. The lowest BCUT2D eigenvalue weighted by atomic mass is 10.1. The first kappa shape index (κ1) is 16.8. The van der Waals surface area contributed by atoms with Crippen LogP contribution in [0.3, 0.4) is 0 Å². The molecule has 3 N–H and O–H groups in total. The lowest BCUT2D eigenvalue weighted by Crippen LogP contribution is -2.31. The second-order valence-electron chi connectivity index (χ2n) is 5.12. The molecule has 5 heteroatoms. The highest BCUT2D eigenvalue weighted by molar-refractivity contribution is 5.88. The molecule has 0 saturated carbocycles. The molecule has 1 heterocycles. The number of carbonyl (C=O) groups is 1. The van der Waals surface area contributed by atoms with Crippen molar-refractivity contribution >= 4 is 11.7 Å². The summed E-state index contributed by atoms with van der Waals surface area (Å²) in [6.45, 7) is 6.64. The van der Waals surface area contributed by atoms with Gasteiger partial charge in [-0.1, -0.05) is 23.3 Å². The fraction of sp³-hybridized carbons (Fsp3) is 0.375. The van der Waals surface area contributed by atoms with E-state index < -0.39 is 0 Å². The first-order valence-electron chi connectivity index (χ1n) is 7.00. The van der Waals surface area contributed by atoms with E-state index in [-0.39, 0.29) is 17.3 Å². The molecule has 0 saturated heterocycles. The Kier molecular flexibility index (Phi) is 7.01. The molecule has 0 unspecified atom stereocenters. The minimum Gasteiger partial charge on any atom is -0.334 e. The van der Waals surface area contributed by atoms with Crippen molar-refractivity contribution in [3.8, 4) is 0 Å². The molecule has 1 aromatic heterocycles. The Morgan fingerprint density at radius 2 is 2.05 bits per heavy atom. The van der Waals surface area contributed by atoms with Gasteiger partial charge in [0.2, 0.25) is 0 Å². The van der Waals surface area contributed by atoms with Crippen LogP contribution in [-0.4, -0.2) is 17.6 Å². The standard InChI is InChI=1S/C16H23N3O2/c1-12(2)6-4-7-13(3)9-11-18-16(21)19-14-8-5-10-17-15(14)20/h5-6,8-10H,4,7,11H2,1-3H3,(H,17,20)(H2,18,19,21). The van der Waals surface area contributed by atoms with Gasteiger partial charge in [0.1, 0.15) is 5.69 Å². The van der Waals surface area contributed by atoms with E-state index in [4.69, 9.17) is 0 Å². The van der Waals surface area contributed by atoms with Crippen LogP contribution in [0.1, 0.15) is 33.6 Å². The summed E-state index contributed by atoms with van der Waals surface area (Å²) in [4.78, 5) is 25.5. The van der Waals surface area contributed by atoms with Crippen molar-refractivity contribution in [2.45, 2.75) is 33.6 Å². The summed E-state index contributed by atoms with van der Waals surface area (Å²) in [5.41, 5.74) is 2.46. The van der Waals surface area contributed by atoms with Gasteiger partial charge in [-0.2, -0.15) is 0 Å². The molecule has 21 heavy (non-hydrogen) atoms. The number of amides is 2. The summed E-state index contributed by atoms with van der Waals surface area (Å²) in [7, 11) is 0. The molecule has 0 aliphatic heterocycles. The number of H-pyrrole nitrogens is 1. The molecule has 0 aliphatic rings. The number of rotatable bonds is 6. The summed E-state index contributed by atoms with van der Waals surface area (Å²) in [5, 5.41) is 5.20. The number of anilines is 1. The van der Waals surface area contributed by atoms with E-state index in [2.05, 4.69) is 35.5 Å². The van der Waals surface area contributed by atoms with Gasteiger partial charge in [0.15, 0.2) is 0 Å². The fourth-order valence-corrected chi connectivity index (χ4v) is 1.70. The number of aromatic amines is 1. The zero-order valence-electron chi connectivity index (χ0n) is 12.8. The smallest absolute Gasteiger partial charge is 0.319 e. The predicted molar refractivity (Wildman–Crippen MR) is 86.5 cm³/mol. The molecule has 0 aromatic carbocycles. The summed E-state index contributed by atoms with van der Waals surface area (Å²) in [6.07, 6.45) is 7.68. The zero-order chi connectivity index (χ0) is 15.7. The molecular weight excluding hydrogens is 266 g/mol. The first-order chi connectivity index (χ1) is 9.99. The molecule has 1 rings (SSSR count). The van der Waals surface area contributed by atoms with Crippen molar-refractivity contribution in [3.63, 3.8) is 0 Å². The summed E-state index contributed by atoms with van der Waals surface area (Å²) in [6, 6.07) is 2.82. The highest BCUT2D eigenvalue weighted by atomic mass is 16.2. The summed E-state index contributed by atoms with van der Waals surface area (Å²) in [5.74, 6) is 0. The van der Waals surface area contributed by atoms with Crippen LogP contribution in [-0.2, 0) is 0 Å². The van der Waals surface area contributed by atoms with Crippen molar-refractivity contribution in [2.24, 2.45) is 0 Å². The van der Waals surface area contributed by atoms with E-state index in [1.165, 1.54) is 17.3 Å². The van der Waals surface area contributed by atoms with Crippen LogP contribution in [0.4, 0.5) is 10.5 Å². The number of hydrogen-bond acceptors (Lipinski definition) is 2. The molecule has 0 aliphatic carbocycles. The molecule has 5 nitrogen and oxygen atoms in total. The molecule has 0 atom stereocenters. The number of nitrogens with one attached hydrogen (secondary N) is 3. The summed E-state index contributed by atoms with van der Waals surface area (Å²) < 4.78 is 0. The molecule has 114 valence electrons. The second-order valence-corrected chi connectivity index (χ2v) is 5.12. The fourth-order valence-electron chi connectivity index (χ4n) is 1.70. The van der Waals surface area contributed by atoms with Crippen LogP contribution in [0, 0.1) is 0 Å². The lowest BCUT2D eigenvalue weighted by Gasteiger charge is -2.05. The van der Waals surface area contributed by atoms with Crippen molar-refractivity contribution in [3.05, 3.63) is 52.0 Å². The molecule has 0 bridgehead atoms. The SMILES string of the molecule is CC(C)=CCCC(C)=CCNC(=O)Nc1ccc[nH]c1=O. The average molecular weight is 289 g/mol. The van der Waals surface area contributed by atoms with Crippen molar-refractivity contribution in [1.29, 1.82) is 0 Å². The highest BCUT2D eigenvalue weighted by Gasteiger charge is 2.02. The third kappa shape index (κ3) is 7.15. The maximum Gasteiger partial charge on any atom is 0.319 e. The van der Waals surface area contributed by atoms with Crippen LogP contribution in [0.2, 0.25) is 0 Å². The topological polar surface area (TPSA) is 74.0 Å². The van der Waals surface area contributed by atoms with E-state index in [0.29, 0.717) is 6.54 Å². The minimum atomic E-state index is -0.389. The van der Waals surface area contributed by atoms with E-state index >= 15 is 0 Å². The molecular formula is C16H23N3O2. The Labute approximate surface area is 125 Å². The first-order valence-corrected chi connectivity index (χ1v) is 7.00. The van der Waals surface area contributed by atoms with Crippen LogP contribution >= 0.6 is 0 Å². The molecule has 0 spiro atoms. The van der Waals surface area contributed by atoms with E-state index in [1.54, 1.807) is 12.1 Å². The maximum atomic E-state index is 11.6. The van der Waals surface area contributed by atoms with Crippen molar-refractivity contribution < 1.29 is 4.79 Å². The Balaban J connectivity index is 2.35. The molecule has 0 fully saturated rings. The second kappa shape index (κ2) is 8.79. The van der Waals surface area contributed by atoms with Gasteiger partial charge in [-0.15, -0.1) is 0 Å². The van der Waals surface area contributed by atoms with E-state index in [0.717, 1.165) is 12.8 Å². The van der Waals surface area contributed by atoms with Crippen LogP contribution < -0.4 is 16.2 Å². The average Bonchev–Trinajstić information content (AvgIpc) is 2.41. The normalized spacial score (nSPS) is 10.9. The van der Waals surface area contributed by atoms with Crippen LogP contribution in [0.5, 0.6) is 0 Å². The van der Waals surface area contributed by atoms with Gasteiger partial charge >= 0.3 is 6.03 Å². The molecule has 1 aromatic rings. The van der Waals surface area contributed by atoms with Gasteiger partial charge in [0, 0.05) is 12.7 Å². The highest BCUT2D eigenvalue weighted by Crippen LogP contribution is 2.05. The third-order valence-electron chi connectivity index (χ3n) is 2.87. The Bertz CT molecular complexity index is 581. The summed E-state index contributed by atoms with van der Waals surface area (Å²) >= 11 is 0. The number of aromatic nitrogens is 1. The van der Waals surface area contributed by atoms with Gasteiger partial charge < -0.3 is 15.6 Å². The Hall–Kier alpha value is -2.30.